The molecule has 0 saturated heterocycles. The Morgan fingerprint density at radius 1 is 1.12 bits per heavy atom. The average molecular weight is 210 g/mol. The van der Waals surface area contributed by atoms with Crippen LogP contribution in [-0.2, 0) is 0 Å². The Bertz CT molecular complexity index is 629. The highest BCUT2D eigenvalue weighted by Crippen LogP contribution is 2.27. The lowest BCUT2D eigenvalue weighted by molar-refractivity contribution is 0.457. The second-order valence-corrected chi connectivity index (χ2v) is 3.72. The first kappa shape index (κ1) is 9.09. The Morgan fingerprint density at radius 3 is 2.75 bits per heavy atom. The van der Waals surface area contributed by atoms with Crippen LogP contribution in [0.4, 0.5) is 0 Å². The lowest BCUT2D eigenvalue weighted by atomic mass is 10.1. The molecule has 3 aromatic rings. The molecule has 1 aromatic carbocycles. The topological polar surface area (TPSA) is 38.9 Å². The predicted octanol–water partition coefficient (Wildman–Crippen LogP) is 3.20. The maximum absolute atomic E-state index is 5.25. The van der Waals surface area contributed by atoms with Crippen molar-refractivity contribution in [3.8, 4) is 11.1 Å². The summed E-state index contributed by atoms with van der Waals surface area (Å²) in [5.41, 5.74) is 4.68. The van der Waals surface area contributed by atoms with Crippen molar-refractivity contribution in [2.75, 3.05) is 0 Å². The molecule has 0 aliphatic heterocycles. The summed E-state index contributed by atoms with van der Waals surface area (Å²) >= 11 is 0. The SMILES string of the molecule is Cc1cc(-c2ccccc2)c2oncc2n1. The minimum atomic E-state index is 0.747. The number of pyridine rings is 1. The quantitative estimate of drug-likeness (QED) is 0.619. The summed E-state index contributed by atoms with van der Waals surface area (Å²) in [7, 11) is 0. The van der Waals surface area contributed by atoms with Gasteiger partial charge >= 0.3 is 0 Å². The maximum atomic E-state index is 5.25. The van der Waals surface area contributed by atoms with Gasteiger partial charge in [0.25, 0.3) is 0 Å². The van der Waals surface area contributed by atoms with Crippen molar-refractivity contribution in [3.63, 3.8) is 0 Å². The third kappa shape index (κ3) is 1.37. The fourth-order valence-corrected chi connectivity index (χ4v) is 1.83. The van der Waals surface area contributed by atoms with Crippen molar-refractivity contribution < 1.29 is 4.52 Å². The maximum Gasteiger partial charge on any atom is 0.193 e. The van der Waals surface area contributed by atoms with Gasteiger partial charge in [0.2, 0.25) is 0 Å². The van der Waals surface area contributed by atoms with Crippen molar-refractivity contribution in [2.45, 2.75) is 6.92 Å². The zero-order chi connectivity index (χ0) is 11.0. The van der Waals surface area contributed by atoms with E-state index in [2.05, 4.69) is 22.3 Å². The second-order valence-electron chi connectivity index (χ2n) is 3.72. The number of rotatable bonds is 1. The fourth-order valence-electron chi connectivity index (χ4n) is 1.83. The number of nitrogens with zero attached hydrogens (tertiary/aromatic N) is 2. The molecule has 0 N–H and O–H groups in total. The Balaban J connectivity index is 2.34. The normalized spacial score (nSPS) is 10.8. The van der Waals surface area contributed by atoms with E-state index in [-0.39, 0.29) is 0 Å². The first-order valence-corrected chi connectivity index (χ1v) is 5.12. The lowest BCUT2D eigenvalue weighted by Gasteiger charge is -2.02. The van der Waals surface area contributed by atoms with Crippen LogP contribution in [0.3, 0.4) is 0 Å². The third-order valence-electron chi connectivity index (χ3n) is 2.53. The Hall–Kier alpha value is -2.16. The van der Waals surface area contributed by atoms with Gasteiger partial charge in [0.15, 0.2) is 5.58 Å². The van der Waals surface area contributed by atoms with Crippen LogP contribution >= 0.6 is 0 Å². The van der Waals surface area contributed by atoms with E-state index in [0.29, 0.717) is 0 Å². The molecule has 0 radical (unpaired) electrons. The molecule has 2 aromatic heterocycles. The summed E-state index contributed by atoms with van der Waals surface area (Å²) in [6.45, 7) is 1.97. The van der Waals surface area contributed by atoms with Crippen molar-refractivity contribution in [3.05, 3.63) is 48.3 Å². The van der Waals surface area contributed by atoms with E-state index < -0.39 is 0 Å². The van der Waals surface area contributed by atoms with Crippen molar-refractivity contribution in [1.82, 2.24) is 10.1 Å². The van der Waals surface area contributed by atoms with Gasteiger partial charge < -0.3 is 4.52 Å². The van der Waals surface area contributed by atoms with Crippen LogP contribution in [0, 0.1) is 6.92 Å². The van der Waals surface area contributed by atoms with E-state index in [1.807, 2.05) is 31.2 Å². The van der Waals surface area contributed by atoms with Gasteiger partial charge in [-0.1, -0.05) is 35.5 Å². The molecule has 0 unspecified atom stereocenters. The van der Waals surface area contributed by atoms with Crippen LogP contribution in [0.15, 0.2) is 47.1 Å². The van der Waals surface area contributed by atoms with Crippen molar-refractivity contribution >= 4 is 11.1 Å². The largest absolute Gasteiger partial charge is 0.354 e. The standard InChI is InChI=1S/C13H10N2O/c1-9-7-11(10-5-3-2-4-6-10)13-12(15-9)8-14-16-13/h2-8H,1H3. The predicted molar refractivity (Wildman–Crippen MR) is 62.0 cm³/mol. The number of aromatic nitrogens is 2. The minimum absolute atomic E-state index is 0.747. The molecular weight excluding hydrogens is 200 g/mol. The molecule has 16 heavy (non-hydrogen) atoms. The van der Waals surface area contributed by atoms with Crippen LogP contribution in [-0.4, -0.2) is 10.1 Å². The van der Waals surface area contributed by atoms with E-state index in [0.717, 1.165) is 27.9 Å². The molecular formula is C13H10N2O. The first-order valence-electron chi connectivity index (χ1n) is 5.12. The molecule has 0 atom stereocenters. The summed E-state index contributed by atoms with van der Waals surface area (Å²) in [5.74, 6) is 0. The summed E-state index contributed by atoms with van der Waals surface area (Å²) in [4.78, 5) is 4.37. The van der Waals surface area contributed by atoms with E-state index in [1.165, 1.54) is 0 Å². The van der Waals surface area contributed by atoms with E-state index >= 15 is 0 Å². The summed E-state index contributed by atoms with van der Waals surface area (Å²) in [6, 6.07) is 12.1. The molecule has 0 bridgehead atoms. The zero-order valence-electron chi connectivity index (χ0n) is 8.84. The molecule has 3 heteroatoms. The molecule has 3 nitrogen and oxygen atoms in total. The Kier molecular flexibility index (Phi) is 1.96. The third-order valence-corrected chi connectivity index (χ3v) is 2.53. The molecule has 78 valence electrons. The van der Waals surface area contributed by atoms with Gasteiger partial charge in [-0.3, -0.25) is 0 Å². The molecule has 0 fully saturated rings. The number of fused-ring (bicyclic) bond motifs is 1. The molecule has 0 aliphatic carbocycles. The molecule has 0 spiro atoms. The molecule has 0 saturated carbocycles. The van der Waals surface area contributed by atoms with Crippen LogP contribution in [0.5, 0.6) is 0 Å². The number of hydrogen-bond donors (Lipinski definition) is 0. The highest BCUT2D eigenvalue weighted by Gasteiger charge is 2.09. The van der Waals surface area contributed by atoms with Crippen molar-refractivity contribution in [2.24, 2.45) is 0 Å². The average Bonchev–Trinajstić information content (AvgIpc) is 2.77. The highest BCUT2D eigenvalue weighted by atomic mass is 16.5. The number of benzene rings is 1. The number of aryl methyl sites for hydroxylation is 1. The van der Waals surface area contributed by atoms with Crippen LogP contribution in [0.25, 0.3) is 22.2 Å². The smallest absolute Gasteiger partial charge is 0.193 e. The molecule has 3 rings (SSSR count). The molecule has 0 aliphatic rings. The van der Waals surface area contributed by atoms with E-state index in [9.17, 15) is 0 Å². The van der Waals surface area contributed by atoms with Gasteiger partial charge in [-0.2, -0.15) is 0 Å². The van der Waals surface area contributed by atoms with Crippen LogP contribution in [0.1, 0.15) is 5.69 Å². The van der Waals surface area contributed by atoms with Crippen LogP contribution in [0.2, 0.25) is 0 Å². The van der Waals surface area contributed by atoms with Gasteiger partial charge in [-0.05, 0) is 18.6 Å². The van der Waals surface area contributed by atoms with Crippen LogP contribution < -0.4 is 0 Å². The van der Waals surface area contributed by atoms with Gasteiger partial charge in [-0.15, -0.1) is 0 Å². The molecule has 0 amide bonds. The summed E-state index contributed by atoms with van der Waals surface area (Å²) in [5, 5.41) is 3.79. The Morgan fingerprint density at radius 2 is 1.94 bits per heavy atom. The van der Waals surface area contributed by atoms with E-state index in [4.69, 9.17) is 4.52 Å². The second kappa shape index (κ2) is 3.45. The minimum Gasteiger partial charge on any atom is -0.354 e. The van der Waals surface area contributed by atoms with Crippen molar-refractivity contribution in [1.29, 1.82) is 0 Å². The lowest BCUT2D eigenvalue weighted by Crippen LogP contribution is -1.85. The van der Waals surface area contributed by atoms with Gasteiger partial charge in [0.05, 0.1) is 6.20 Å². The summed E-state index contributed by atoms with van der Waals surface area (Å²) in [6.07, 6.45) is 1.65. The molecule has 2 heterocycles. The first-order chi connectivity index (χ1) is 7.84. The van der Waals surface area contributed by atoms with Gasteiger partial charge in [0, 0.05) is 11.3 Å². The highest BCUT2D eigenvalue weighted by molar-refractivity contribution is 5.89. The zero-order valence-corrected chi connectivity index (χ0v) is 8.84. The van der Waals surface area contributed by atoms with E-state index in [1.54, 1.807) is 6.20 Å². The number of hydrogen-bond acceptors (Lipinski definition) is 3. The Labute approximate surface area is 92.7 Å². The van der Waals surface area contributed by atoms with Gasteiger partial charge in [-0.25, -0.2) is 4.98 Å². The van der Waals surface area contributed by atoms with Gasteiger partial charge in [0.1, 0.15) is 5.52 Å². The fraction of sp³-hybridized carbons (Fsp3) is 0.0769. The summed E-state index contributed by atoms with van der Waals surface area (Å²) < 4.78 is 5.25. The monoisotopic (exact) mass is 210 g/mol.